The fourth-order valence-corrected chi connectivity index (χ4v) is 2.07. The fourth-order valence-electron chi connectivity index (χ4n) is 2.07. The van der Waals surface area contributed by atoms with Crippen molar-refractivity contribution in [1.82, 2.24) is 9.97 Å². The van der Waals surface area contributed by atoms with Crippen molar-refractivity contribution in [3.63, 3.8) is 0 Å². The second-order valence-corrected chi connectivity index (χ2v) is 6.02. The molecule has 1 aromatic carbocycles. The van der Waals surface area contributed by atoms with E-state index in [0.717, 1.165) is 35.0 Å². The molecule has 106 valence electrons. The van der Waals surface area contributed by atoms with Crippen LogP contribution < -0.4 is 5.32 Å². The zero-order valence-corrected chi connectivity index (χ0v) is 13.0. The topological polar surface area (TPSA) is 37.8 Å². The summed E-state index contributed by atoms with van der Waals surface area (Å²) >= 11 is 0. The largest absolute Gasteiger partial charge is 0.370 e. The third kappa shape index (κ3) is 2.98. The Balaban J connectivity index is 2.64. The lowest BCUT2D eigenvalue weighted by Gasteiger charge is -2.21. The molecule has 0 aliphatic heterocycles. The lowest BCUT2D eigenvalue weighted by molar-refractivity contribution is 0.546. The SMILES string of the molecule is CCNc1nc(C(C)(C)C)nc(-c2ccccc2)c1C. The Labute approximate surface area is 121 Å². The normalized spacial score (nSPS) is 11.4. The molecule has 20 heavy (non-hydrogen) atoms. The average molecular weight is 269 g/mol. The Bertz CT molecular complexity index is 583. The molecule has 0 aliphatic rings. The lowest BCUT2D eigenvalue weighted by atomic mass is 9.95. The Morgan fingerprint density at radius 2 is 1.70 bits per heavy atom. The minimum atomic E-state index is -0.0681. The molecule has 2 aromatic rings. The van der Waals surface area contributed by atoms with Crippen LogP contribution in [0.25, 0.3) is 11.3 Å². The van der Waals surface area contributed by atoms with Crippen LogP contribution in [0.1, 0.15) is 39.1 Å². The summed E-state index contributed by atoms with van der Waals surface area (Å²) in [5.74, 6) is 1.81. The molecular weight excluding hydrogens is 246 g/mol. The number of rotatable bonds is 3. The first kappa shape index (κ1) is 14.5. The van der Waals surface area contributed by atoms with Gasteiger partial charge in [0.1, 0.15) is 11.6 Å². The molecule has 0 aliphatic carbocycles. The lowest BCUT2D eigenvalue weighted by Crippen LogP contribution is -2.19. The Hall–Kier alpha value is -1.90. The molecule has 3 nitrogen and oxygen atoms in total. The van der Waals surface area contributed by atoms with Crippen LogP contribution in [-0.4, -0.2) is 16.5 Å². The fraction of sp³-hybridized carbons (Fsp3) is 0.412. The van der Waals surface area contributed by atoms with Crippen LogP contribution in [0.15, 0.2) is 30.3 Å². The molecular formula is C17H23N3. The Morgan fingerprint density at radius 1 is 1.05 bits per heavy atom. The molecule has 0 radical (unpaired) electrons. The van der Waals surface area contributed by atoms with Gasteiger partial charge in [-0.2, -0.15) is 0 Å². The summed E-state index contributed by atoms with van der Waals surface area (Å²) in [5.41, 5.74) is 3.19. The highest BCUT2D eigenvalue weighted by Gasteiger charge is 2.21. The van der Waals surface area contributed by atoms with Gasteiger partial charge in [-0.1, -0.05) is 51.1 Å². The molecule has 3 heteroatoms. The zero-order valence-electron chi connectivity index (χ0n) is 13.0. The van der Waals surface area contributed by atoms with E-state index in [0.29, 0.717) is 0 Å². The van der Waals surface area contributed by atoms with E-state index in [1.54, 1.807) is 0 Å². The van der Waals surface area contributed by atoms with Gasteiger partial charge in [0.25, 0.3) is 0 Å². The molecule has 0 saturated carbocycles. The van der Waals surface area contributed by atoms with E-state index < -0.39 is 0 Å². The summed E-state index contributed by atoms with van der Waals surface area (Å²) in [6.45, 7) is 11.4. The van der Waals surface area contributed by atoms with Gasteiger partial charge in [-0.3, -0.25) is 0 Å². The first-order valence-electron chi connectivity index (χ1n) is 7.12. The van der Waals surface area contributed by atoms with Crippen LogP contribution >= 0.6 is 0 Å². The van der Waals surface area contributed by atoms with Crippen LogP contribution in [0.4, 0.5) is 5.82 Å². The Morgan fingerprint density at radius 3 is 2.25 bits per heavy atom. The smallest absolute Gasteiger partial charge is 0.136 e. The third-order valence-corrected chi connectivity index (χ3v) is 3.21. The van der Waals surface area contributed by atoms with Crippen molar-refractivity contribution in [2.45, 2.75) is 40.0 Å². The highest BCUT2D eigenvalue weighted by atomic mass is 15.0. The molecule has 2 rings (SSSR count). The number of nitrogens with zero attached hydrogens (tertiary/aromatic N) is 2. The average Bonchev–Trinajstić information content (AvgIpc) is 2.41. The van der Waals surface area contributed by atoms with Gasteiger partial charge in [0.2, 0.25) is 0 Å². The summed E-state index contributed by atoms with van der Waals surface area (Å²) < 4.78 is 0. The van der Waals surface area contributed by atoms with Gasteiger partial charge in [-0.05, 0) is 13.8 Å². The molecule has 0 saturated heterocycles. The predicted octanol–water partition coefficient (Wildman–Crippen LogP) is 4.18. The quantitative estimate of drug-likeness (QED) is 0.908. The van der Waals surface area contributed by atoms with Crippen LogP contribution in [0.2, 0.25) is 0 Å². The Kier molecular flexibility index (Phi) is 4.07. The van der Waals surface area contributed by atoms with Gasteiger partial charge in [0.05, 0.1) is 5.69 Å². The van der Waals surface area contributed by atoms with Crippen LogP contribution in [-0.2, 0) is 5.41 Å². The monoisotopic (exact) mass is 269 g/mol. The highest BCUT2D eigenvalue weighted by molar-refractivity contribution is 5.68. The number of hydrogen-bond acceptors (Lipinski definition) is 3. The van der Waals surface area contributed by atoms with Crippen molar-refractivity contribution >= 4 is 5.82 Å². The highest BCUT2D eigenvalue weighted by Crippen LogP contribution is 2.29. The first-order valence-corrected chi connectivity index (χ1v) is 7.12. The number of hydrogen-bond donors (Lipinski definition) is 1. The van der Waals surface area contributed by atoms with E-state index >= 15 is 0 Å². The summed E-state index contributed by atoms with van der Waals surface area (Å²) in [6.07, 6.45) is 0. The molecule has 1 N–H and O–H groups in total. The summed E-state index contributed by atoms with van der Waals surface area (Å²) in [7, 11) is 0. The molecule has 0 bridgehead atoms. The van der Waals surface area contributed by atoms with Crippen molar-refractivity contribution in [2.75, 3.05) is 11.9 Å². The van der Waals surface area contributed by atoms with Crippen LogP contribution in [0.3, 0.4) is 0 Å². The summed E-state index contributed by atoms with van der Waals surface area (Å²) in [4.78, 5) is 9.50. The zero-order chi connectivity index (χ0) is 14.8. The maximum atomic E-state index is 4.81. The number of anilines is 1. The second kappa shape index (κ2) is 5.61. The van der Waals surface area contributed by atoms with Gasteiger partial charge in [-0.15, -0.1) is 0 Å². The minimum absolute atomic E-state index is 0.0681. The van der Waals surface area contributed by atoms with E-state index in [2.05, 4.69) is 52.1 Å². The molecule has 1 heterocycles. The maximum Gasteiger partial charge on any atom is 0.136 e. The molecule has 1 aromatic heterocycles. The van der Waals surface area contributed by atoms with E-state index in [1.807, 2.05) is 18.2 Å². The molecule has 0 fully saturated rings. The van der Waals surface area contributed by atoms with Crippen molar-refractivity contribution in [3.05, 3.63) is 41.7 Å². The number of benzene rings is 1. The molecule has 0 atom stereocenters. The third-order valence-electron chi connectivity index (χ3n) is 3.21. The molecule has 0 amide bonds. The van der Waals surface area contributed by atoms with E-state index in [4.69, 9.17) is 9.97 Å². The second-order valence-electron chi connectivity index (χ2n) is 6.02. The maximum absolute atomic E-state index is 4.81. The van der Waals surface area contributed by atoms with Crippen molar-refractivity contribution < 1.29 is 0 Å². The molecule has 0 spiro atoms. The minimum Gasteiger partial charge on any atom is -0.370 e. The van der Waals surface area contributed by atoms with Crippen molar-refractivity contribution in [2.24, 2.45) is 0 Å². The van der Waals surface area contributed by atoms with Gasteiger partial charge in [-0.25, -0.2) is 9.97 Å². The number of aromatic nitrogens is 2. The van der Waals surface area contributed by atoms with Gasteiger partial charge < -0.3 is 5.32 Å². The van der Waals surface area contributed by atoms with E-state index in [9.17, 15) is 0 Å². The predicted molar refractivity (Wildman–Crippen MR) is 85.1 cm³/mol. The van der Waals surface area contributed by atoms with Crippen molar-refractivity contribution in [1.29, 1.82) is 0 Å². The van der Waals surface area contributed by atoms with Gasteiger partial charge >= 0.3 is 0 Å². The van der Waals surface area contributed by atoms with Crippen molar-refractivity contribution in [3.8, 4) is 11.3 Å². The summed E-state index contributed by atoms with van der Waals surface area (Å²) in [6, 6.07) is 10.3. The first-order chi connectivity index (χ1) is 9.43. The molecule has 0 unspecified atom stereocenters. The van der Waals surface area contributed by atoms with Crippen LogP contribution in [0, 0.1) is 6.92 Å². The van der Waals surface area contributed by atoms with Gasteiger partial charge in [0, 0.05) is 23.1 Å². The van der Waals surface area contributed by atoms with Crippen LogP contribution in [0.5, 0.6) is 0 Å². The van der Waals surface area contributed by atoms with Gasteiger partial charge in [0.15, 0.2) is 0 Å². The van der Waals surface area contributed by atoms with E-state index in [1.165, 1.54) is 0 Å². The van der Waals surface area contributed by atoms with E-state index in [-0.39, 0.29) is 5.41 Å². The number of nitrogens with one attached hydrogen (secondary N) is 1. The summed E-state index contributed by atoms with van der Waals surface area (Å²) in [5, 5.41) is 3.35. The standard InChI is InChI=1S/C17H23N3/c1-6-18-15-12(2)14(13-10-8-7-9-11-13)19-16(20-15)17(3,4)5/h7-11H,6H2,1-5H3,(H,18,19,20).